The highest BCUT2D eigenvalue weighted by Gasteiger charge is 2.29. The van der Waals surface area contributed by atoms with E-state index in [1.165, 1.54) is 44.1 Å². The fourth-order valence-corrected chi connectivity index (χ4v) is 4.56. The van der Waals surface area contributed by atoms with Crippen molar-refractivity contribution in [1.82, 2.24) is 14.1 Å². The maximum absolute atomic E-state index is 12.9. The molecule has 2 aliphatic rings. The van der Waals surface area contributed by atoms with E-state index in [2.05, 4.69) is 0 Å². The normalized spacial score (nSPS) is 18.0. The maximum Gasteiger partial charge on any atom is 0.333 e. The topological polar surface area (TPSA) is 87.2 Å². The van der Waals surface area contributed by atoms with Crippen molar-refractivity contribution < 1.29 is 22.7 Å². The average Bonchev–Trinajstić information content (AvgIpc) is 2.78. The van der Waals surface area contributed by atoms with Gasteiger partial charge in [0.1, 0.15) is 5.75 Å². The summed E-state index contributed by atoms with van der Waals surface area (Å²) in [6.07, 6.45) is 8.60. The van der Waals surface area contributed by atoms with E-state index < -0.39 is 16.1 Å². The number of carbonyl (C=O) groups is 2. The second-order valence-corrected chi connectivity index (χ2v) is 10.5. The zero-order valence-corrected chi connectivity index (χ0v) is 19.3. The first kappa shape index (κ1) is 23.4. The Morgan fingerprint density at radius 3 is 2.35 bits per heavy atom. The summed E-state index contributed by atoms with van der Waals surface area (Å²) in [4.78, 5) is 28.3. The van der Waals surface area contributed by atoms with Gasteiger partial charge in [0.15, 0.2) is 0 Å². The van der Waals surface area contributed by atoms with Crippen LogP contribution in [0.2, 0.25) is 0 Å². The molecule has 31 heavy (non-hydrogen) atoms. The Morgan fingerprint density at radius 1 is 1.06 bits per heavy atom. The molecule has 9 heteroatoms. The average molecular weight is 452 g/mol. The Kier molecular flexibility index (Phi) is 7.80. The van der Waals surface area contributed by atoms with Crippen LogP contribution in [0, 0.1) is 5.92 Å². The van der Waals surface area contributed by atoms with Crippen LogP contribution in [0.15, 0.2) is 24.3 Å². The van der Waals surface area contributed by atoms with E-state index in [9.17, 15) is 18.0 Å². The van der Waals surface area contributed by atoms with Gasteiger partial charge in [-0.2, -0.15) is 0 Å². The molecule has 1 aliphatic carbocycles. The molecule has 0 spiro atoms. The summed E-state index contributed by atoms with van der Waals surface area (Å²) in [5.74, 6) is 1.34. The standard InChI is InChI=1S/C22H33N3O5S/c1-23(31(2,28)29)22(27)25-14-12-24(13-15-25)21(26)19-9-6-10-20(17-19)30-16-11-18-7-4-3-5-8-18/h6,9-10,17-18H,3-5,7-8,11-16H2,1-2H3. The van der Waals surface area contributed by atoms with Crippen molar-refractivity contribution in [3.05, 3.63) is 29.8 Å². The molecule has 1 aliphatic heterocycles. The summed E-state index contributed by atoms with van der Waals surface area (Å²) in [5.41, 5.74) is 0.559. The number of ether oxygens (including phenoxy) is 1. The van der Waals surface area contributed by atoms with Gasteiger partial charge in [0.2, 0.25) is 10.0 Å². The molecule has 1 heterocycles. The smallest absolute Gasteiger partial charge is 0.333 e. The van der Waals surface area contributed by atoms with Gasteiger partial charge in [-0.1, -0.05) is 38.2 Å². The van der Waals surface area contributed by atoms with E-state index in [-0.39, 0.29) is 5.91 Å². The number of hydrogen-bond acceptors (Lipinski definition) is 5. The molecular weight excluding hydrogens is 418 g/mol. The van der Waals surface area contributed by atoms with Gasteiger partial charge < -0.3 is 14.5 Å². The summed E-state index contributed by atoms with van der Waals surface area (Å²) < 4.78 is 29.8. The molecule has 0 bridgehead atoms. The van der Waals surface area contributed by atoms with Gasteiger partial charge in [-0.15, -0.1) is 0 Å². The third-order valence-electron chi connectivity index (χ3n) is 6.20. The fourth-order valence-electron chi connectivity index (χ4n) is 4.16. The highest BCUT2D eigenvalue weighted by Crippen LogP contribution is 2.26. The molecule has 1 saturated carbocycles. The van der Waals surface area contributed by atoms with Crippen LogP contribution in [-0.4, -0.2) is 80.6 Å². The lowest BCUT2D eigenvalue weighted by atomic mass is 9.87. The number of rotatable bonds is 6. The molecule has 0 aromatic heterocycles. The molecule has 1 saturated heterocycles. The number of sulfonamides is 1. The molecule has 3 rings (SSSR count). The van der Waals surface area contributed by atoms with E-state index >= 15 is 0 Å². The minimum atomic E-state index is -3.60. The number of amides is 3. The monoisotopic (exact) mass is 451 g/mol. The maximum atomic E-state index is 12.9. The van der Waals surface area contributed by atoms with Crippen LogP contribution in [0.5, 0.6) is 5.75 Å². The minimum absolute atomic E-state index is 0.110. The largest absolute Gasteiger partial charge is 0.494 e. The van der Waals surface area contributed by atoms with Gasteiger partial charge in [0, 0.05) is 38.8 Å². The summed E-state index contributed by atoms with van der Waals surface area (Å²) >= 11 is 0. The van der Waals surface area contributed by atoms with Crippen molar-refractivity contribution >= 4 is 22.0 Å². The quantitative estimate of drug-likeness (QED) is 0.664. The van der Waals surface area contributed by atoms with Crippen molar-refractivity contribution in [2.75, 3.05) is 46.1 Å². The molecular formula is C22H33N3O5S. The molecule has 8 nitrogen and oxygen atoms in total. The predicted octanol–water partition coefficient (Wildman–Crippen LogP) is 2.81. The summed E-state index contributed by atoms with van der Waals surface area (Å²) in [6.45, 7) is 1.96. The molecule has 0 radical (unpaired) electrons. The van der Waals surface area contributed by atoms with E-state index in [0.717, 1.165) is 22.9 Å². The Bertz CT molecular complexity index is 875. The van der Waals surface area contributed by atoms with Gasteiger partial charge in [-0.25, -0.2) is 17.5 Å². The van der Waals surface area contributed by atoms with Crippen molar-refractivity contribution in [3.63, 3.8) is 0 Å². The first-order chi connectivity index (χ1) is 14.8. The van der Waals surface area contributed by atoms with Crippen molar-refractivity contribution in [3.8, 4) is 5.75 Å². The van der Waals surface area contributed by atoms with Crippen molar-refractivity contribution in [2.45, 2.75) is 38.5 Å². The van der Waals surface area contributed by atoms with Crippen LogP contribution >= 0.6 is 0 Å². The van der Waals surface area contributed by atoms with Crippen LogP contribution in [-0.2, 0) is 10.0 Å². The zero-order chi connectivity index (χ0) is 22.4. The first-order valence-corrected chi connectivity index (χ1v) is 12.9. The lowest BCUT2D eigenvalue weighted by molar-refractivity contribution is 0.0656. The van der Waals surface area contributed by atoms with Crippen LogP contribution < -0.4 is 4.74 Å². The summed E-state index contributed by atoms with van der Waals surface area (Å²) in [5, 5.41) is 0. The van der Waals surface area contributed by atoms with E-state index in [0.29, 0.717) is 44.1 Å². The number of piperazine rings is 1. The predicted molar refractivity (Wildman–Crippen MR) is 119 cm³/mol. The number of carbonyl (C=O) groups excluding carboxylic acids is 2. The molecule has 0 N–H and O–H groups in total. The second kappa shape index (κ2) is 10.3. The molecule has 0 unspecified atom stereocenters. The number of urea groups is 1. The Labute approximate surface area is 185 Å². The van der Waals surface area contributed by atoms with Gasteiger partial charge >= 0.3 is 6.03 Å². The molecule has 1 aromatic carbocycles. The van der Waals surface area contributed by atoms with Gasteiger partial charge in [-0.05, 0) is 30.5 Å². The summed E-state index contributed by atoms with van der Waals surface area (Å²) in [7, 11) is -2.35. The second-order valence-electron chi connectivity index (χ2n) is 8.46. The molecule has 0 atom stereocenters. The van der Waals surface area contributed by atoms with Crippen LogP contribution in [0.1, 0.15) is 48.9 Å². The third kappa shape index (κ3) is 6.35. The Balaban J connectivity index is 1.50. The summed E-state index contributed by atoms with van der Waals surface area (Å²) in [6, 6.07) is 6.67. The van der Waals surface area contributed by atoms with E-state index in [1.807, 2.05) is 12.1 Å². The Morgan fingerprint density at radius 2 is 1.71 bits per heavy atom. The highest BCUT2D eigenvalue weighted by atomic mass is 32.2. The van der Waals surface area contributed by atoms with Gasteiger partial charge in [0.05, 0.1) is 12.9 Å². The molecule has 2 fully saturated rings. The van der Waals surface area contributed by atoms with Crippen LogP contribution in [0.25, 0.3) is 0 Å². The number of hydrogen-bond donors (Lipinski definition) is 0. The Hall–Kier alpha value is -2.29. The zero-order valence-electron chi connectivity index (χ0n) is 18.5. The van der Waals surface area contributed by atoms with Crippen molar-refractivity contribution in [2.24, 2.45) is 5.92 Å². The molecule has 3 amide bonds. The van der Waals surface area contributed by atoms with Crippen LogP contribution in [0.4, 0.5) is 4.79 Å². The van der Waals surface area contributed by atoms with Gasteiger partial charge in [0.25, 0.3) is 5.91 Å². The first-order valence-electron chi connectivity index (χ1n) is 11.0. The number of benzene rings is 1. The van der Waals surface area contributed by atoms with Gasteiger partial charge in [-0.3, -0.25) is 4.79 Å². The number of nitrogens with zero attached hydrogens (tertiary/aromatic N) is 3. The SMILES string of the molecule is CN(C(=O)N1CCN(C(=O)c2cccc(OCCC3CCCCC3)c2)CC1)S(C)(=O)=O. The van der Waals surface area contributed by atoms with E-state index in [4.69, 9.17) is 4.74 Å². The molecule has 172 valence electrons. The third-order valence-corrected chi connectivity index (χ3v) is 7.36. The highest BCUT2D eigenvalue weighted by molar-refractivity contribution is 7.88. The van der Waals surface area contributed by atoms with Crippen LogP contribution in [0.3, 0.4) is 0 Å². The van der Waals surface area contributed by atoms with E-state index in [1.54, 1.807) is 17.0 Å². The fraction of sp³-hybridized carbons (Fsp3) is 0.636. The minimum Gasteiger partial charge on any atom is -0.494 e. The van der Waals surface area contributed by atoms with Crippen molar-refractivity contribution in [1.29, 1.82) is 0 Å². The lowest BCUT2D eigenvalue weighted by Gasteiger charge is -2.36. The lowest BCUT2D eigenvalue weighted by Crippen LogP contribution is -2.54. The molecule has 1 aromatic rings.